The summed E-state index contributed by atoms with van der Waals surface area (Å²) in [6.45, 7) is 12.6. The van der Waals surface area contributed by atoms with Crippen molar-refractivity contribution in [3.63, 3.8) is 0 Å². The standard InChI is InChI=1S/C27H46O/c1-18(2)7-6-8-19(3)23-11-12-24-22-10-9-20-17-21(28)13-15-26(20,4)25(22)14-16-27(23,24)5/h9,18-19,21-25,28H,6-8,10-17H2,1-5H3/t19-,21?,22?,23-,24?,25?,26+,27-/m1/s1. The van der Waals surface area contributed by atoms with Crippen molar-refractivity contribution in [1.29, 1.82) is 0 Å². The molecule has 0 heterocycles. The molecule has 0 bridgehead atoms. The Balaban J connectivity index is 1.49. The molecule has 1 nitrogen and oxygen atoms in total. The third kappa shape index (κ3) is 3.42. The Morgan fingerprint density at radius 1 is 1.00 bits per heavy atom. The maximum absolute atomic E-state index is 10.2. The van der Waals surface area contributed by atoms with Crippen LogP contribution >= 0.6 is 0 Å². The van der Waals surface area contributed by atoms with Gasteiger partial charge in [0.05, 0.1) is 6.10 Å². The second-order valence-electron chi connectivity index (χ2n) is 12.2. The molecule has 0 aromatic heterocycles. The lowest BCUT2D eigenvalue weighted by atomic mass is 9.47. The summed E-state index contributed by atoms with van der Waals surface area (Å²) < 4.78 is 0. The molecule has 3 fully saturated rings. The molecular formula is C27H46O. The summed E-state index contributed by atoms with van der Waals surface area (Å²) in [7, 11) is 0. The zero-order chi connectivity index (χ0) is 20.1. The molecule has 4 aliphatic carbocycles. The number of fused-ring (bicyclic) bond motifs is 5. The number of aliphatic hydroxyl groups is 1. The molecule has 0 radical (unpaired) electrons. The van der Waals surface area contributed by atoms with Crippen LogP contribution in [0.15, 0.2) is 11.6 Å². The van der Waals surface area contributed by atoms with E-state index >= 15 is 0 Å². The fourth-order valence-corrected chi connectivity index (χ4v) is 8.67. The maximum Gasteiger partial charge on any atom is 0.0577 e. The summed E-state index contributed by atoms with van der Waals surface area (Å²) >= 11 is 0. The van der Waals surface area contributed by atoms with Gasteiger partial charge in [-0.3, -0.25) is 0 Å². The third-order valence-corrected chi connectivity index (χ3v) is 10.3. The van der Waals surface area contributed by atoms with Crippen molar-refractivity contribution in [3.05, 3.63) is 11.6 Å². The van der Waals surface area contributed by atoms with Crippen LogP contribution < -0.4 is 0 Å². The quantitative estimate of drug-likeness (QED) is 0.488. The first kappa shape index (κ1) is 21.0. The fourth-order valence-electron chi connectivity index (χ4n) is 8.67. The molecule has 0 spiro atoms. The van der Waals surface area contributed by atoms with Gasteiger partial charge >= 0.3 is 0 Å². The molecule has 8 atom stereocenters. The molecule has 28 heavy (non-hydrogen) atoms. The molecule has 160 valence electrons. The van der Waals surface area contributed by atoms with E-state index in [1.807, 2.05) is 0 Å². The van der Waals surface area contributed by atoms with Gasteiger partial charge in [0.15, 0.2) is 0 Å². The monoisotopic (exact) mass is 386 g/mol. The lowest BCUT2D eigenvalue weighted by molar-refractivity contribution is -0.0573. The van der Waals surface area contributed by atoms with Crippen molar-refractivity contribution in [2.24, 2.45) is 46.3 Å². The molecular weight excluding hydrogens is 340 g/mol. The first-order valence-electron chi connectivity index (χ1n) is 12.6. The van der Waals surface area contributed by atoms with Crippen LogP contribution in [-0.2, 0) is 0 Å². The van der Waals surface area contributed by atoms with Gasteiger partial charge in [0.25, 0.3) is 0 Å². The Hall–Kier alpha value is -0.300. The molecule has 0 aliphatic heterocycles. The van der Waals surface area contributed by atoms with Gasteiger partial charge in [0.1, 0.15) is 0 Å². The summed E-state index contributed by atoms with van der Waals surface area (Å²) in [4.78, 5) is 0. The van der Waals surface area contributed by atoms with E-state index in [1.165, 1.54) is 57.8 Å². The normalized spacial score (nSPS) is 46.5. The first-order valence-corrected chi connectivity index (χ1v) is 12.6. The number of allylic oxidation sites excluding steroid dienone is 1. The molecule has 0 amide bonds. The minimum atomic E-state index is -0.0766. The van der Waals surface area contributed by atoms with Crippen molar-refractivity contribution in [2.45, 2.75) is 111 Å². The van der Waals surface area contributed by atoms with E-state index in [-0.39, 0.29) is 6.10 Å². The van der Waals surface area contributed by atoms with Crippen molar-refractivity contribution in [2.75, 3.05) is 0 Å². The Bertz CT molecular complexity index is 591. The highest BCUT2D eigenvalue weighted by Crippen LogP contribution is 2.67. The Kier molecular flexibility index (Phi) is 5.80. The van der Waals surface area contributed by atoms with Crippen molar-refractivity contribution in [3.8, 4) is 0 Å². The van der Waals surface area contributed by atoms with Gasteiger partial charge in [-0.25, -0.2) is 0 Å². The molecule has 1 heteroatoms. The van der Waals surface area contributed by atoms with Crippen LogP contribution in [0.3, 0.4) is 0 Å². The van der Waals surface area contributed by atoms with Crippen molar-refractivity contribution >= 4 is 0 Å². The summed E-state index contributed by atoms with van der Waals surface area (Å²) in [6.07, 6.45) is 17.2. The van der Waals surface area contributed by atoms with Gasteiger partial charge < -0.3 is 5.11 Å². The minimum Gasteiger partial charge on any atom is -0.393 e. The summed E-state index contributed by atoms with van der Waals surface area (Å²) in [5.74, 6) is 5.46. The lowest BCUT2D eigenvalue weighted by Gasteiger charge is -2.58. The summed E-state index contributed by atoms with van der Waals surface area (Å²) in [5.41, 5.74) is 2.60. The number of hydrogen-bond acceptors (Lipinski definition) is 1. The van der Waals surface area contributed by atoms with Gasteiger partial charge in [-0.15, -0.1) is 0 Å². The predicted molar refractivity (Wildman–Crippen MR) is 119 cm³/mol. The molecule has 4 aliphatic rings. The smallest absolute Gasteiger partial charge is 0.0577 e. The van der Waals surface area contributed by atoms with Gasteiger partial charge in [-0.05, 0) is 97.7 Å². The summed E-state index contributed by atoms with van der Waals surface area (Å²) in [6, 6.07) is 0. The van der Waals surface area contributed by atoms with E-state index in [9.17, 15) is 5.11 Å². The third-order valence-electron chi connectivity index (χ3n) is 10.3. The summed E-state index contributed by atoms with van der Waals surface area (Å²) in [5, 5.41) is 10.2. The largest absolute Gasteiger partial charge is 0.393 e. The zero-order valence-electron chi connectivity index (χ0n) is 19.3. The SMILES string of the molecule is CC(C)CCC[C@@H](C)[C@H]1CCC2C3CC=C4CC(O)CC[C@]4(C)C3CC[C@@]21C. The van der Waals surface area contributed by atoms with E-state index in [4.69, 9.17) is 0 Å². The van der Waals surface area contributed by atoms with Crippen LogP contribution in [0.5, 0.6) is 0 Å². The molecule has 0 aromatic carbocycles. The first-order chi connectivity index (χ1) is 13.3. The van der Waals surface area contributed by atoms with E-state index in [1.54, 1.807) is 5.57 Å². The molecule has 0 aromatic rings. The van der Waals surface area contributed by atoms with Crippen LogP contribution in [-0.4, -0.2) is 11.2 Å². The highest BCUT2D eigenvalue weighted by Gasteiger charge is 2.59. The van der Waals surface area contributed by atoms with Gasteiger partial charge in [0.2, 0.25) is 0 Å². The molecule has 4 unspecified atom stereocenters. The second-order valence-corrected chi connectivity index (χ2v) is 12.2. The highest BCUT2D eigenvalue weighted by atomic mass is 16.3. The highest BCUT2D eigenvalue weighted by molar-refractivity contribution is 5.25. The van der Waals surface area contributed by atoms with E-state index in [0.717, 1.165) is 48.3 Å². The fraction of sp³-hybridized carbons (Fsp3) is 0.926. The Morgan fingerprint density at radius 2 is 1.79 bits per heavy atom. The van der Waals surface area contributed by atoms with Crippen molar-refractivity contribution < 1.29 is 5.11 Å². The maximum atomic E-state index is 10.2. The molecule has 3 saturated carbocycles. The van der Waals surface area contributed by atoms with Crippen LogP contribution in [0.1, 0.15) is 105 Å². The lowest BCUT2D eigenvalue weighted by Crippen LogP contribution is -2.50. The predicted octanol–water partition coefficient (Wildman–Crippen LogP) is 7.39. The zero-order valence-corrected chi connectivity index (χ0v) is 19.3. The Labute approximate surface area is 174 Å². The van der Waals surface area contributed by atoms with Crippen LogP contribution in [0.25, 0.3) is 0 Å². The van der Waals surface area contributed by atoms with E-state index < -0.39 is 0 Å². The number of rotatable bonds is 5. The second kappa shape index (κ2) is 7.75. The van der Waals surface area contributed by atoms with Crippen LogP contribution in [0, 0.1) is 46.3 Å². The average Bonchev–Trinajstić information content (AvgIpc) is 2.99. The van der Waals surface area contributed by atoms with Crippen LogP contribution in [0.2, 0.25) is 0 Å². The Morgan fingerprint density at radius 3 is 2.54 bits per heavy atom. The van der Waals surface area contributed by atoms with Crippen molar-refractivity contribution in [1.82, 2.24) is 0 Å². The molecule has 0 saturated heterocycles. The van der Waals surface area contributed by atoms with Crippen LogP contribution in [0.4, 0.5) is 0 Å². The minimum absolute atomic E-state index is 0.0766. The average molecular weight is 387 g/mol. The van der Waals surface area contributed by atoms with E-state index in [2.05, 4.69) is 40.7 Å². The number of aliphatic hydroxyl groups excluding tert-OH is 1. The van der Waals surface area contributed by atoms with Gasteiger partial charge in [0, 0.05) is 0 Å². The van der Waals surface area contributed by atoms with Gasteiger partial charge in [-0.1, -0.05) is 65.5 Å². The molecule has 1 N–H and O–H groups in total. The molecule has 4 rings (SSSR count). The topological polar surface area (TPSA) is 20.2 Å². The number of hydrogen-bond donors (Lipinski definition) is 1. The van der Waals surface area contributed by atoms with E-state index in [0.29, 0.717) is 10.8 Å². The van der Waals surface area contributed by atoms with Gasteiger partial charge in [-0.2, -0.15) is 0 Å².